The molecule has 17 heavy (non-hydrogen) atoms. The zero-order valence-electron chi connectivity index (χ0n) is 8.49. The van der Waals surface area contributed by atoms with Crippen molar-refractivity contribution < 1.29 is 18.4 Å². The topological polar surface area (TPSA) is 84.5 Å². The highest BCUT2D eigenvalue weighted by Gasteiger charge is 2.29. The second-order valence-corrected chi connectivity index (χ2v) is 2.94. The number of nitrogens with zero attached hydrogens (tertiary/aromatic N) is 2. The zero-order valence-corrected chi connectivity index (χ0v) is 8.49. The molecule has 6 nitrogen and oxygen atoms in total. The van der Waals surface area contributed by atoms with Crippen molar-refractivity contribution in [3.8, 4) is 17.9 Å². The lowest BCUT2D eigenvalue weighted by molar-refractivity contribution is 0.250. The first-order valence-electron chi connectivity index (χ1n) is 4.54. The molecule has 1 heterocycles. The van der Waals surface area contributed by atoms with E-state index in [1.807, 2.05) is 12.1 Å². The van der Waals surface area contributed by atoms with Gasteiger partial charge in [0.2, 0.25) is 0 Å². The second-order valence-electron chi connectivity index (χ2n) is 2.94. The average Bonchev–Trinajstić information content (AvgIpc) is 2.40. The van der Waals surface area contributed by atoms with E-state index in [9.17, 15) is 0 Å². The molecule has 0 unspecified atom stereocenters. The summed E-state index contributed by atoms with van der Waals surface area (Å²) in [7, 11) is 1.15. The summed E-state index contributed by atoms with van der Waals surface area (Å²) in [6, 6.07) is 8.27. The first kappa shape index (κ1) is 11.6. The molecule has 1 saturated heterocycles. The Morgan fingerprint density at radius 3 is 2.47 bits per heavy atom. The summed E-state index contributed by atoms with van der Waals surface area (Å²) in [5.74, 6) is 0.356. The van der Waals surface area contributed by atoms with Gasteiger partial charge in [-0.15, -0.1) is 0 Å². The lowest BCUT2D eigenvalue weighted by Gasteiger charge is -2.18. The van der Waals surface area contributed by atoms with Crippen LogP contribution in [0.1, 0.15) is 11.1 Å². The van der Waals surface area contributed by atoms with Gasteiger partial charge < -0.3 is 18.4 Å². The SMILES string of the molecule is N#Cc1ccc(OB2O[B]O[B]O2)cc1C#N. The van der Waals surface area contributed by atoms with Crippen molar-refractivity contribution in [3.63, 3.8) is 0 Å². The van der Waals surface area contributed by atoms with Crippen LogP contribution >= 0.6 is 0 Å². The molecule has 1 aliphatic heterocycles. The summed E-state index contributed by atoms with van der Waals surface area (Å²) in [5.41, 5.74) is 0.511. The van der Waals surface area contributed by atoms with Gasteiger partial charge in [0.05, 0.1) is 11.1 Å². The number of hydrogen-bond donors (Lipinski definition) is 0. The number of nitriles is 2. The first-order valence-corrected chi connectivity index (χ1v) is 4.54. The molecule has 1 aliphatic rings. The Kier molecular flexibility index (Phi) is 3.68. The Bertz CT molecular complexity index is 493. The molecule has 0 aromatic heterocycles. The molecule has 0 bridgehead atoms. The molecule has 0 amide bonds. The van der Waals surface area contributed by atoms with Gasteiger partial charge >= 0.3 is 22.7 Å². The number of benzene rings is 1. The van der Waals surface area contributed by atoms with Crippen LogP contribution in [0.25, 0.3) is 0 Å². The van der Waals surface area contributed by atoms with Gasteiger partial charge in [-0.25, -0.2) is 0 Å². The summed E-state index contributed by atoms with van der Waals surface area (Å²) in [6.45, 7) is 0. The molecule has 2 radical (unpaired) electrons. The van der Waals surface area contributed by atoms with E-state index in [1.54, 1.807) is 6.07 Å². The Morgan fingerprint density at radius 2 is 1.82 bits per heavy atom. The molecular formula is C8H3B3N2O4. The first-order chi connectivity index (χ1) is 8.33. The molecule has 78 valence electrons. The predicted molar refractivity (Wildman–Crippen MR) is 57.0 cm³/mol. The predicted octanol–water partition coefficient (Wildman–Crippen LogP) is -0.0745. The van der Waals surface area contributed by atoms with E-state index in [1.165, 1.54) is 12.1 Å². The van der Waals surface area contributed by atoms with Crippen LogP contribution in [-0.4, -0.2) is 22.7 Å². The van der Waals surface area contributed by atoms with Crippen LogP contribution in [0.5, 0.6) is 5.75 Å². The quantitative estimate of drug-likeness (QED) is 0.653. The second kappa shape index (κ2) is 5.42. The maximum Gasteiger partial charge on any atom is 0.684 e. The highest BCUT2D eigenvalue weighted by atomic mass is 16.8. The van der Waals surface area contributed by atoms with Crippen LogP contribution in [0, 0.1) is 22.7 Å². The fraction of sp³-hybridized carbons (Fsp3) is 0. The van der Waals surface area contributed by atoms with E-state index in [0.717, 1.165) is 15.4 Å². The van der Waals surface area contributed by atoms with E-state index < -0.39 is 7.32 Å². The number of hydrogen-bond acceptors (Lipinski definition) is 6. The molecular weight excluding hydrogens is 221 g/mol. The lowest BCUT2D eigenvalue weighted by atomic mass is 10.0. The normalized spacial score (nSPS) is 13.9. The summed E-state index contributed by atoms with van der Waals surface area (Å²) in [5, 5.41) is 17.6. The van der Waals surface area contributed by atoms with E-state index >= 15 is 0 Å². The van der Waals surface area contributed by atoms with Gasteiger partial charge in [0.15, 0.2) is 0 Å². The van der Waals surface area contributed by atoms with E-state index in [-0.39, 0.29) is 11.1 Å². The zero-order chi connectivity index (χ0) is 12.1. The molecule has 0 saturated carbocycles. The van der Waals surface area contributed by atoms with E-state index in [0.29, 0.717) is 5.75 Å². The van der Waals surface area contributed by atoms with Crippen molar-refractivity contribution in [1.29, 1.82) is 10.5 Å². The van der Waals surface area contributed by atoms with Crippen LogP contribution in [0.3, 0.4) is 0 Å². The molecule has 0 N–H and O–H groups in total. The fourth-order valence-corrected chi connectivity index (χ4v) is 1.16. The Hall–Kier alpha value is -1.93. The smallest absolute Gasteiger partial charge is 0.513 e. The summed E-state index contributed by atoms with van der Waals surface area (Å²) in [4.78, 5) is 0. The summed E-state index contributed by atoms with van der Waals surface area (Å²) in [6.07, 6.45) is 0. The van der Waals surface area contributed by atoms with Crippen molar-refractivity contribution in [2.45, 2.75) is 0 Å². The van der Waals surface area contributed by atoms with Gasteiger partial charge in [-0.2, -0.15) is 10.5 Å². The molecule has 0 aliphatic carbocycles. The van der Waals surface area contributed by atoms with Crippen LogP contribution in [0.4, 0.5) is 0 Å². The third-order valence-electron chi connectivity index (χ3n) is 1.91. The third-order valence-corrected chi connectivity index (χ3v) is 1.91. The standard InChI is InChI=1S/C8H3B3N2O4/c12-4-6-1-2-8(3-7(6)5-13)14-11-16-9-15-10-17-11/h1-3H. The Morgan fingerprint density at radius 1 is 1.12 bits per heavy atom. The van der Waals surface area contributed by atoms with Crippen LogP contribution in [-0.2, 0) is 13.7 Å². The van der Waals surface area contributed by atoms with Crippen LogP contribution < -0.4 is 4.65 Å². The molecule has 0 atom stereocenters. The van der Waals surface area contributed by atoms with E-state index in [2.05, 4.69) is 4.57 Å². The van der Waals surface area contributed by atoms with Gasteiger partial charge in [-0.3, -0.25) is 0 Å². The summed E-state index contributed by atoms with van der Waals surface area (Å²) >= 11 is 0. The molecule has 1 fully saturated rings. The van der Waals surface area contributed by atoms with Crippen LogP contribution in [0.15, 0.2) is 18.2 Å². The van der Waals surface area contributed by atoms with Crippen molar-refractivity contribution in [3.05, 3.63) is 29.3 Å². The lowest BCUT2D eigenvalue weighted by Crippen LogP contribution is -2.39. The van der Waals surface area contributed by atoms with Crippen molar-refractivity contribution in [2.24, 2.45) is 0 Å². The van der Waals surface area contributed by atoms with E-state index in [4.69, 9.17) is 24.3 Å². The minimum Gasteiger partial charge on any atom is -0.513 e. The molecule has 1 aromatic carbocycles. The molecule has 0 spiro atoms. The third kappa shape index (κ3) is 2.80. The summed E-state index contributed by atoms with van der Waals surface area (Å²) < 4.78 is 19.5. The fourth-order valence-electron chi connectivity index (χ4n) is 1.16. The van der Waals surface area contributed by atoms with Crippen molar-refractivity contribution >= 4 is 22.7 Å². The minimum atomic E-state index is -0.969. The van der Waals surface area contributed by atoms with Gasteiger partial charge in [-0.1, -0.05) is 0 Å². The molecule has 9 heteroatoms. The maximum atomic E-state index is 8.83. The maximum absolute atomic E-state index is 8.83. The van der Waals surface area contributed by atoms with Gasteiger partial charge in [0.25, 0.3) is 0 Å². The highest BCUT2D eigenvalue weighted by molar-refractivity contribution is 6.57. The van der Waals surface area contributed by atoms with Gasteiger partial charge in [-0.05, 0) is 18.2 Å². The molecule has 2 rings (SSSR count). The largest absolute Gasteiger partial charge is 0.684 e. The van der Waals surface area contributed by atoms with Gasteiger partial charge in [0, 0.05) is 0 Å². The van der Waals surface area contributed by atoms with Gasteiger partial charge in [0.1, 0.15) is 17.9 Å². The minimum absolute atomic E-state index is 0.227. The average molecular weight is 224 g/mol. The Labute approximate surface area is 99.4 Å². The molecule has 1 aromatic rings. The highest BCUT2D eigenvalue weighted by Crippen LogP contribution is 2.18. The monoisotopic (exact) mass is 224 g/mol. The van der Waals surface area contributed by atoms with Crippen LogP contribution in [0.2, 0.25) is 0 Å². The Balaban J connectivity index is 2.12. The number of rotatable bonds is 2. The van der Waals surface area contributed by atoms with Crippen molar-refractivity contribution in [2.75, 3.05) is 0 Å². The van der Waals surface area contributed by atoms with Crippen molar-refractivity contribution in [1.82, 2.24) is 0 Å².